The van der Waals surface area contributed by atoms with Crippen molar-refractivity contribution in [3.8, 4) is 0 Å². The van der Waals surface area contributed by atoms with Crippen LogP contribution in [-0.4, -0.2) is 31.1 Å². The third-order valence-corrected chi connectivity index (χ3v) is 4.11. The topological polar surface area (TPSA) is 79.5 Å². The molecule has 6 heteroatoms. The van der Waals surface area contributed by atoms with Gasteiger partial charge in [-0.05, 0) is 25.8 Å². The van der Waals surface area contributed by atoms with Gasteiger partial charge in [-0.25, -0.2) is 4.79 Å². The number of para-hydroxylation sites is 1. The van der Waals surface area contributed by atoms with Gasteiger partial charge >= 0.3 is 6.03 Å². The van der Waals surface area contributed by atoms with Crippen molar-refractivity contribution < 1.29 is 14.3 Å². The Kier molecular flexibility index (Phi) is 7.55. The number of anilines is 1. The Hall–Kier alpha value is -2.08. The minimum Gasteiger partial charge on any atom is -0.377 e. The van der Waals surface area contributed by atoms with E-state index in [1.54, 1.807) is 0 Å². The summed E-state index contributed by atoms with van der Waals surface area (Å²) in [6.45, 7) is 2.96. The van der Waals surface area contributed by atoms with E-state index in [2.05, 4.69) is 16.0 Å². The van der Waals surface area contributed by atoms with Gasteiger partial charge in [0.25, 0.3) is 0 Å². The molecule has 1 aromatic carbocycles. The number of amides is 3. The fourth-order valence-corrected chi connectivity index (χ4v) is 2.83. The van der Waals surface area contributed by atoms with Gasteiger partial charge in [-0.3, -0.25) is 4.79 Å². The van der Waals surface area contributed by atoms with Crippen molar-refractivity contribution in [2.45, 2.75) is 51.7 Å². The number of carbonyl (C=O) groups is 2. The first-order valence-corrected chi connectivity index (χ1v) is 8.69. The zero-order valence-electron chi connectivity index (χ0n) is 14.3. The highest BCUT2D eigenvalue weighted by Gasteiger charge is 2.16. The molecule has 1 fully saturated rings. The number of carbonyl (C=O) groups excluding carboxylic acids is 2. The van der Waals surface area contributed by atoms with Crippen LogP contribution in [0.3, 0.4) is 0 Å². The van der Waals surface area contributed by atoms with Crippen LogP contribution in [-0.2, 0) is 16.1 Å². The number of benzene rings is 1. The molecule has 0 aromatic heterocycles. The summed E-state index contributed by atoms with van der Waals surface area (Å²) in [5, 5.41) is 8.35. The average molecular weight is 333 g/mol. The van der Waals surface area contributed by atoms with Crippen molar-refractivity contribution in [3.63, 3.8) is 0 Å². The van der Waals surface area contributed by atoms with Crippen molar-refractivity contribution in [3.05, 3.63) is 29.8 Å². The van der Waals surface area contributed by atoms with Crippen LogP contribution in [0.5, 0.6) is 0 Å². The fourth-order valence-electron chi connectivity index (χ4n) is 2.83. The lowest BCUT2D eigenvalue weighted by molar-refractivity contribution is -0.120. The Morgan fingerprint density at radius 3 is 2.67 bits per heavy atom. The average Bonchev–Trinajstić information content (AvgIpc) is 2.60. The number of hydrogen-bond acceptors (Lipinski definition) is 3. The standard InChI is InChI=1S/C18H27N3O3/c1-2-24-13-14-8-6-7-11-16(14)21-18(23)19-12-17(22)20-15-9-4-3-5-10-15/h6-8,11,15H,2-5,9-10,12-13H2,1H3,(H,20,22)(H2,19,21,23). The highest BCUT2D eigenvalue weighted by molar-refractivity contribution is 5.92. The maximum atomic E-state index is 12.0. The van der Waals surface area contributed by atoms with Crippen LogP contribution < -0.4 is 16.0 Å². The highest BCUT2D eigenvalue weighted by Crippen LogP contribution is 2.17. The normalized spacial score (nSPS) is 14.9. The van der Waals surface area contributed by atoms with Gasteiger partial charge in [0.2, 0.25) is 5.91 Å². The van der Waals surface area contributed by atoms with E-state index in [1.807, 2.05) is 31.2 Å². The van der Waals surface area contributed by atoms with Crippen molar-refractivity contribution in [2.75, 3.05) is 18.5 Å². The minimum absolute atomic E-state index is 0.0179. The second kappa shape index (κ2) is 9.93. The van der Waals surface area contributed by atoms with E-state index < -0.39 is 6.03 Å². The molecule has 1 saturated carbocycles. The van der Waals surface area contributed by atoms with Crippen molar-refractivity contribution >= 4 is 17.6 Å². The molecular formula is C18H27N3O3. The first-order chi connectivity index (χ1) is 11.7. The molecule has 24 heavy (non-hydrogen) atoms. The van der Waals surface area contributed by atoms with Crippen molar-refractivity contribution in [2.24, 2.45) is 0 Å². The van der Waals surface area contributed by atoms with Crippen LogP contribution in [0.1, 0.15) is 44.6 Å². The Labute approximate surface area is 143 Å². The maximum absolute atomic E-state index is 12.0. The van der Waals surface area contributed by atoms with Crippen LogP contribution >= 0.6 is 0 Å². The molecule has 1 aromatic rings. The third kappa shape index (κ3) is 6.20. The Bertz CT molecular complexity index is 542. The zero-order valence-corrected chi connectivity index (χ0v) is 14.3. The second-order valence-electron chi connectivity index (χ2n) is 6.00. The van der Waals surface area contributed by atoms with E-state index >= 15 is 0 Å². The number of ether oxygens (including phenoxy) is 1. The van der Waals surface area contributed by atoms with Crippen LogP contribution in [0.4, 0.5) is 10.5 Å². The lowest BCUT2D eigenvalue weighted by Crippen LogP contribution is -2.43. The minimum atomic E-state index is -0.391. The van der Waals surface area contributed by atoms with Gasteiger partial charge in [0.05, 0.1) is 13.2 Å². The molecule has 1 aliphatic rings. The number of urea groups is 1. The van der Waals surface area contributed by atoms with E-state index in [1.165, 1.54) is 6.42 Å². The lowest BCUT2D eigenvalue weighted by Gasteiger charge is -2.22. The fraction of sp³-hybridized carbons (Fsp3) is 0.556. The van der Waals surface area contributed by atoms with Gasteiger partial charge in [0, 0.05) is 23.9 Å². The maximum Gasteiger partial charge on any atom is 0.319 e. The van der Waals surface area contributed by atoms with Gasteiger partial charge in [0.15, 0.2) is 0 Å². The molecule has 1 aliphatic carbocycles. The first-order valence-electron chi connectivity index (χ1n) is 8.69. The number of nitrogens with one attached hydrogen (secondary N) is 3. The van der Waals surface area contributed by atoms with Crippen molar-refractivity contribution in [1.29, 1.82) is 0 Å². The van der Waals surface area contributed by atoms with Gasteiger partial charge in [-0.1, -0.05) is 37.5 Å². The summed E-state index contributed by atoms with van der Waals surface area (Å²) < 4.78 is 5.39. The lowest BCUT2D eigenvalue weighted by atomic mass is 9.95. The summed E-state index contributed by atoms with van der Waals surface area (Å²) in [7, 11) is 0. The summed E-state index contributed by atoms with van der Waals surface area (Å²) in [6.07, 6.45) is 5.63. The first kappa shape index (κ1) is 18.3. The quantitative estimate of drug-likeness (QED) is 0.718. The smallest absolute Gasteiger partial charge is 0.319 e. The number of rotatable bonds is 7. The predicted molar refractivity (Wildman–Crippen MR) is 93.8 cm³/mol. The van der Waals surface area contributed by atoms with Crippen LogP contribution in [0.15, 0.2) is 24.3 Å². The molecule has 0 radical (unpaired) electrons. The number of hydrogen-bond donors (Lipinski definition) is 3. The largest absolute Gasteiger partial charge is 0.377 e. The van der Waals surface area contributed by atoms with E-state index in [4.69, 9.17) is 4.74 Å². The molecule has 0 atom stereocenters. The molecule has 0 heterocycles. The molecular weight excluding hydrogens is 306 g/mol. The molecule has 6 nitrogen and oxygen atoms in total. The van der Waals surface area contributed by atoms with Gasteiger partial charge in [-0.15, -0.1) is 0 Å². The molecule has 2 rings (SSSR count). The van der Waals surface area contributed by atoms with Crippen LogP contribution in [0, 0.1) is 0 Å². The predicted octanol–water partition coefficient (Wildman–Crippen LogP) is 2.79. The molecule has 0 saturated heterocycles. The van der Waals surface area contributed by atoms with Crippen molar-refractivity contribution in [1.82, 2.24) is 10.6 Å². The molecule has 0 aliphatic heterocycles. The molecule has 3 N–H and O–H groups in total. The summed E-state index contributed by atoms with van der Waals surface area (Å²) in [5.74, 6) is -0.139. The molecule has 3 amide bonds. The summed E-state index contributed by atoms with van der Waals surface area (Å²) in [6, 6.07) is 7.33. The van der Waals surface area contributed by atoms with Gasteiger partial charge in [0.1, 0.15) is 0 Å². The summed E-state index contributed by atoms with van der Waals surface area (Å²) >= 11 is 0. The SMILES string of the molecule is CCOCc1ccccc1NC(=O)NCC(=O)NC1CCCCC1. The van der Waals surface area contributed by atoms with Crippen LogP contribution in [0.2, 0.25) is 0 Å². The monoisotopic (exact) mass is 333 g/mol. The Balaban J connectivity index is 1.75. The second-order valence-corrected chi connectivity index (χ2v) is 6.00. The summed E-state index contributed by atoms with van der Waals surface area (Å²) in [4.78, 5) is 23.9. The van der Waals surface area contributed by atoms with E-state index in [-0.39, 0.29) is 18.5 Å². The third-order valence-electron chi connectivity index (χ3n) is 4.11. The van der Waals surface area contributed by atoms with Gasteiger partial charge in [-0.2, -0.15) is 0 Å². The van der Waals surface area contributed by atoms with E-state index in [9.17, 15) is 9.59 Å². The van der Waals surface area contributed by atoms with E-state index in [0.717, 1.165) is 31.2 Å². The highest BCUT2D eigenvalue weighted by atomic mass is 16.5. The Morgan fingerprint density at radius 1 is 1.17 bits per heavy atom. The Morgan fingerprint density at radius 2 is 1.92 bits per heavy atom. The van der Waals surface area contributed by atoms with Gasteiger partial charge < -0.3 is 20.7 Å². The molecule has 132 valence electrons. The zero-order chi connectivity index (χ0) is 17.2. The molecule has 0 bridgehead atoms. The molecule has 0 unspecified atom stereocenters. The molecule has 0 spiro atoms. The van der Waals surface area contributed by atoms with E-state index in [0.29, 0.717) is 18.9 Å². The summed E-state index contributed by atoms with van der Waals surface area (Å²) in [5.41, 5.74) is 1.59. The van der Waals surface area contributed by atoms with Crippen LogP contribution in [0.25, 0.3) is 0 Å².